The average molecular weight is 361 g/mol. The standard InChI is InChI=1S/C16H13BrN2O3/c1-10(20)22-13-3-5-15-11(7-13)9-19(18-15)16-6-4-12(21-2)8-14(16)17/h3-9H,1-2H3. The molecule has 0 radical (unpaired) electrons. The largest absolute Gasteiger partial charge is 0.497 e. The van der Waals surface area contributed by atoms with E-state index in [9.17, 15) is 4.79 Å². The number of halogens is 1. The number of aromatic nitrogens is 2. The lowest BCUT2D eigenvalue weighted by Crippen LogP contribution is -2.00. The Kier molecular flexibility index (Phi) is 3.85. The van der Waals surface area contributed by atoms with Crippen molar-refractivity contribution >= 4 is 32.8 Å². The molecule has 2 aromatic carbocycles. The third kappa shape index (κ3) is 2.82. The Morgan fingerprint density at radius 2 is 1.95 bits per heavy atom. The van der Waals surface area contributed by atoms with Gasteiger partial charge in [-0.15, -0.1) is 0 Å². The van der Waals surface area contributed by atoms with Crippen LogP contribution in [-0.2, 0) is 4.79 Å². The van der Waals surface area contributed by atoms with Gasteiger partial charge in [0.2, 0.25) is 0 Å². The Bertz CT molecular complexity index is 858. The van der Waals surface area contributed by atoms with Gasteiger partial charge in [-0.05, 0) is 52.3 Å². The van der Waals surface area contributed by atoms with Crippen molar-refractivity contribution in [2.75, 3.05) is 7.11 Å². The summed E-state index contributed by atoms with van der Waals surface area (Å²) >= 11 is 3.52. The van der Waals surface area contributed by atoms with Crippen LogP contribution in [-0.4, -0.2) is 22.9 Å². The first-order valence-corrected chi connectivity index (χ1v) is 7.38. The first-order valence-electron chi connectivity index (χ1n) is 6.58. The highest BCUT2D eigenvalue weighted by Gasteiger charge is 2.09. The SMILES string of the molecule is COc1ccc(-n2cc3cc(OC(C)=O)ccc3n2)c(Br)c1. The van der Waals surface area contributed by atoms with E-state index >= 15 is 0 Å². The lowest BCUT2D eigenvalue weighted by molar-refractivity contribution is -0.131. The molecule has 3 rings (SSSR count). The lowest BCUT2D eigenvalue weighted by Gasteiger charge is -2.06. The lowest BCUT2D eigenvalue weighted by atomic mass is 10.2. The molecule has 6 heteroatoms. The van der Waals surface area contributed by atoms with Crippen molar-refractivity contribution in [3.8, 4) is 17.2 Å². The van der Waals surface area contributed by atoms with Crippen molar-refractivity contribution in [2.24, 2.45) is 0 Å². The molecule has 0 saturated heterocycles. The Labute approximate surface area is 135 Å². The number of hydrogen-bond donors (Lipinski definition) is 0. The maximum atomic E-state index is 11.0. The number of fused-ring (bicyclic) bond motifs is 1. The summed E-state index contributed by atoms with van der Waals surface area (Å²) < 4.78 is 12.9. The number of benzene rings is 2. The molecule has 1 aromatic heterocycles. The van der Waals surface area contributed by atoms with E-state index in [0.717, 1.165) is 26.8 Å². The van der Waals surface area contributed by atoms with E-state index in [2.05, 4.69) is 21.0 Å². The van der Waals surface area contributed by atoms with Crippen LogP contribution < -0.4 is 9.47 Å². The van der Waals surface area contributed by atoms with Crippen LogP contribution in [0.4, 0.5) is 0 Å². The molecule has 0 unspecified atom stereocenters. The summed E-state index contributed by atoms with van der Waals surface area (Å²) in [6, 6.07) is 11.0. The number of esters is 1. The minimum Gasteiger partial charge on any atom is -0.497 e. The molecule has 0 atom stereocenters. The van der Waals surface area contributed by atoms with Crippen molar-refractivity contribution in [1.29, 1.82) is 0 Å². The molecule has 1 heterocycles. The number of ether oxygens (including phenoxy) is 2. The molecule has 0 saturated carbocycles. The Hall–Kier alpha value is -2.34. The second-order valence-corrected chi connectivity index (χ2v) is 5.56. The smallest absolute Gasteiger partial charge is 0.308 e. The second-order valence-electron chi connectivity index (χ2n) is 4.71. The summed E-state index contributed by atoms with van der Waals surface area (Å²) in [6.45, 7) is 1.38. The zero-order valence-corrected chi connectivity index (χ0v) is 13.6. The van der Waals surface area contributed by atoms with Crippen LogP contribution in [0.25, 0.3) is 16.6 Å². The second kappa shape index (κ2) is 5.81. The van der Waals surface area contributed by atoms with E-state index < -0.39 is 0 Å². The highest BCUT2D eigenvalue weighted by molar-refractivity contribution is 9.10. The van der Waals surface area contributed by atoms with Gasteiger partial charge in [-0.2, -0.15) is 5.10 Å². The maximum Gasteiger partial charge on any atom is 0.308 e. The Balaban J connectivity index is 2.03. The molecule has 0 fully saturated rings. The molecule has 0 aliphatic carbocycles. The van der Waals surface area contributed by atoms with Gasteiger partial charge in [0.05, 0.1) is 18.3 Å². The van der Waals surface area contributed by atoms with Gasteiger partial charge in [0, 0.05) is 23.0 Å². The van der Waals surface area contributed by atoms with E-state index in [-0.39, 0.29) is 5.97 Å². The molecule has 3 aromatic rings. The van der Waals surface area contributed by atoms with E-state index in [4.69, 9.17) is 9.47 Å². The maximum absolute atomic E-state index is 11.0. The molecule has 0 bridgehead atoms. The van der Waals surface area contributed by atoms with E-state index in [1.54, 1.807) is 23.9 Å². The van der Waals surface area contributed by atoms with Gasteiger partial charge < -0.3 is 9.47 Å². The highest BCUT2D eigenvalue weighted by atomic mass is 79.9. The Morgan fingerprint density at radius 3 is 2.64 bits per heavy atom. The molecular weight excluding hydrogens is 348 g/mol. The molecule has 0 N–H and O–H groups in total. The van der Waals surface area contributed by atoms with Crippen molar-refractivity contribution in [3.05, 3.63) is 47.1 Å². The highest BCUT2D eigenvalue weighted by Crippen LogP contribution is 2.28. The van der Waals surface area contributed by atoms with Crippen molar-refractivity contribution in [1.82, 2.24) is 9.78 Å². The summed E-state index contributed by atoms with van der Waals surface area (Å²) in [4.78, 5) is 11.0. The molecule has 0 aliphatic rings. The van der Waals surface area contributed by atoms with Gasteiger partial charge in [-0.25, -0.2) is 4.68 Å². The number of methoxy groups -OCH3 is 1. The minimum atomic E-state index is -0.343. The monoisotopic (exact) mass is 360 g/mol. The molecule has 0 spiro atoms. The zero-order chi connectivity index (χ0) is 15.7. The number of rotatable bonds is 3. The van der Waals surface area contributed by atoms with Gasteiger partial charge in [0.1, 0.15) is 11.5 Å². The van der Waals surface area contributed by atoms with Gasteiger partial charge in [-0.1, -0.05) is 0 Å². The number of carbonyl (C=O) groups is 1. The van der Waals surface area contributed by atoms with Gasteiger partial charge in [-0.3, -0.25) is 4.79 Å². The first-order chi connectivity index (χ1) is 10.6. The zero-order valence-electron chi connectivity index (χ0n) is 12.0. The topological polar surface area (TPSA) is 53.4 Å². The van der Waals surface area contributed by atoms with Crippen LogP contribution >= 0.6 is 15.9 Å². The predicted molar refractivity (Wildman–Crippen MR) is 86.6 cm³/mol. The normalized spacial score (nSPS) is 10.7. The van der Waals surface area contributed by atoms with Crippen molar-refractivity contribution in [3.63, 3.8) is 0 Å². The number of hydrogen-bond acceptors (Lipinski definition) is 4. The number of nitrogens with zero attached hydrogens (tertiary/aromatic N) is 2. The molecule has 0 amide bonds. The third-order valence-corrected chi connectivity index (χ3v) is 3.77. The minimum absolute atomic E-state index is 0.343. The van der Waals surface area contributed by atoms with Crippen LogP contribution in [0.15, 0.2) is 47.1 Å². The van der Waals surface area contributed by atoms with Crippen LogP contribution in [0.5, 0.6) is 11.5 Å². The van der Waals surface area contributed by atoms with E-state index in [0.29, 0.717) is 5.75 Å². The van der Waals surface area contributed by atoms with Crippen molar-refractivity contribution in [2.45, 2.75) is 6.92 Å². The summed E-state index contributed by atoms with van der Waals surface area (Å²) in [5.41, 5.74) is 1.71. The fourth-order valence-electron chi connectivity index (χ4n) is 2.16. The quantitative estimate of drug-likeness (QED) is 0.527. The number of carbonyl (C=O) groups excluding carboxylic acids is 1. The first kappa shape index (κ1) is 14.6. The van der Waals surface area contributed by atoms with E-state index in [1.807, 2.05) is 30.5 Å². The molecule has 0 aliphatic heterocycles. The predicted octanol–water partition coefficient (Wildman–Crippen LogP) is 3.72. The Morgan fingerprint density at radius 1 is 1.18 bits per heavy atom. The molecule has 112 valence electrons. The summed E-state index contributed by atoms with van der Waals surface area (Å²) in [5, 5.41) is 5.42. The fourth-order valence-corrected chi connectivity index (χ4v) is 2.70. The summed E-state index contributed by atoms with van der Waals surface area (Å²) in [7, 11) is 1.63. The fraction of sp³-hybridized carbons (Fsp3) is 0.125. The average Bonchev–Trinajstić information content (AvgIpc) is 2.89. The molecule has 22 heavy (non-hydrogen) atoms. The molecule has 5 nitrogen and oxygen atoms in total. The van der Waals surface area contributed by atoms with Gasteiger partial charge in [0.15, 0.2) is 0 Å². The van der Waals surface area contributed by atoms with Crippen LogP contribution in [0.2, 0.25) is 0 Å². The van der Waals surface area contributed by atoms with Crippen LogP contribution in [0, 0.1) is 0 Å². The van der Waals surface area contributed by atoms with Crippen LogP contribution in [0.1, 0.15) is 6.92 Å². The summed E-state index contributed by atoms with van der Waals surface area (Å²) in [5.74, 6) is 0.933. The summed E-state index contributed by atoms with van der Waals surface area (Å²) in [6.07, 6.45) is 1.88. The molecular formula is C16H13BrN2O3. The van der Waals surface area contributed by atoms with E-state index in [1.165, 1.54) is 6.92 Å². The van der Waals surface area contributed by atoms with Gasteiger partial charge in [0.25, 0.3) is 0 Å². The third-order valence-electron chi connectivity index (χ3n) is 3.14. The van der Waals surface area contributed by atoms with Crippen LogP contribution in [0.3, 0.4) is 0 Å². The van der Waals surface area contributed by atoms with Gasteiger partial charge >= 0.3 is 5.97 Å². The van der Waals surface area contributed by atoms with Crippen molar-refractivity contribution < 1.29 is 14.3 Å².